The molecule has 1 aromatic carbocycles. The molecule has 0 spiro atoms. The van der Waals surface area contributed by atoms with Gasteiger partial charge in [0.15, 0.2) is 0 Å². The zero-order valence-electron chi connectivity index (χ0n) is 15.0. The number of ether oxygens (including phenoxy) is 2. The molecule has 1 aliphatic rings. The Morgan fingerprint density at radius 1 is 1.16 bits per heavy atom. The quantitative estimate of drug-likeness (QED) is 0.785. The highest BCUT2D eigenvalue weighted by atomic mass is 16.5. The summed E-state index contributed by atoms with van der Waals surface area (Å²) in [6.07, 6.45) is 4.00. The molecule has 134 valence electrons. The van der Waals surface area contributed by atoms with Gasteiger partial charge in [-0.2, -0.15) is 0 Å². The summed E-state index contributed by atoms with van der Waals surface area (Å²) in [5.41, 5.74) is 2.61. The lowest BCUT2D eigenvalue weighted by Crippen LogP contribution is -2.46. The molecule has 1 fully saturated rings. The number of pyridine rings is 1. The minimum atomic E-state index is 0.262. The predicted octanol–water partition coefficient (Wildman–Crippen LogP) is 2.86. The van der Waals surface area contributed by atoms with Crippen molar-refractivity contribution in [3.8, 4) is 5.75 Å². The lowest BCUT2D eigenvalue weighted by Gasteiger charge is -2.37. The average Bonchev–Trinajstić information content (AvgIpc) is 2.62. The molecule has 1 N–H and O–H groups in total. The molecular formula is C20H27N3O2. The number of aromatic nitrogens is 1. The SMILES string of the molecule is C[C@@H]1CN(c2ccccc2CNCCOc2cccnc2)C[C@@H](C)O1. The molecule has 2 atom stereocenters. The van der Waals surface area contributed by atoms with Crippen LogP contribution in [-0.2, 0) is 11.3 Å². The molecule has 25 heavy (non-hydrogen) atoms. The molecule has 2 heterocycles. The second-order valence-corrected chi connectivity index (χ2v) is 6.50. The van der Waals surface area contributed by atoms with Gasteiger partial charge >= 0.3 is 0 Å². The molecule has 0 unspecified atom stereocenters. The van der Waals surface area contributed by atoms with Crippen molar-refractivity contribution >= 4 is 5.69 Å². The second-order valence-electron chi connectivity index (χ2n) is 6.50. The Morgan fingerprint density at radius 3 is 2.72 bits per heavy atom. The third-order valence-electron chi connectivity index (χ3n) is 4.25. The normalized spacial score (nSPS) is 20.5. The van der Waals surface area contributed by atoms with Crippen molar-refractivity contribution in [1.29, 1.82) is 0 Å². The molecule has 3 rings (SSSR count). The summed E-state index contributed by atoms with van der Waals surface area (Å²) in [6, 6.07) is 12.4. The monoisotopic (exact) mass is 341 g/mol. The Labute approximate surface area is 150 Å². The van der Waals surface area contributed by atoms with E-state index in [0.29, 0.717) is 6.61 Å². The zero-order chi connectivity index (χ0) is 17.5. The fourth-order valence-corrected chi connectivity index (χ4v) is 3.24. The molecule has 1 saturated heterocycles. The van der Waals surface area contributed by atoms with Crippen LogP contribution in [0.4, 0.5) is 5.69 Å². The molecule has 0 aliphatic carbocycles. The number of para-hydroxylation sites is 1. The van der Waals surface area contributed by atoms with E-state index >= 15 is 0 Å². The van der Waals surface area contributed by atoms with Crippen LogP contribution in [0, 0.1) is 0 Å². The van der Waals surface area contributed by atoms with E-state index in [4.69, 9.17) is 9.47 Å². The number of nitrogens with zero attached hydrogens (tertiary/aromatic N) is 2. The number of morpholine rings is 1. The lowest BCUT2D eigenvalue weighted by molar-refractivity contribution is -0.00526. The number of nitrogens with one attached hydrogen (secondary N) is 1. The number of anilines is 1. The molecule has 5 nitrogen and oxygen atoms in total. The molecule has 5 heteroatoms. The van der Waals surface area contributed by atoms with Gasteiger partial charge in [-0.3, -0.25) is 4.98 Å². The van der Waals surface area contributed by atoms with Gasteiger partial charge in [-0.05, 0) is 37.6 Å². The molecule has 0 saturated carbocycles. The van der Waals surface area contributed by atoms with Gasteiger partial charge in [0.05, 0.1) is 18.4 Å². The first kappa shape index (κ1) is 17.7. The van der Waals surface area contributed by atoms with Gasteiger partial charge in [0.2, 0.25) is 0 Å². The van der Waals surface area contributed by atoms with Crippen molar-refractivity contribution in [2.75, 3.05) is 31.1 Å². The molecular weight excluding hydrogens is 314 g/mol. The Kier molecular flexibility index (Phi) is 6.25. The van der Waals surface area contributed by atoms with Crippen molar-refractivity contribution in [3.63, 3.8) is 0 Å². The summed E-state index contributed by atoms with van der Waals surface area (Å²) in [4.78, 5) is 6.48. The third kappa shape index (κ3) is 5.18. The predicted molar refractivity (Wildman–Crippen MR) is 100 cm³/mol. The third-order valence-corrected chi connectivity index (χ3v) is 4.25. The first-order chi connectivity index (χ1) is 12.2. The van der Waals surface area contributed by atoms with Gasteiger partial charge in [0.25, 0.3) is 0 Å². The lowest BCUT2D eigenvalue weighted by atomic mass is 10.1. The van der Waals surface area contributed by atoms with E-state index in [2.05, 4.69) is 53.3 Å². The fraction of sp³-hybridized carbons (Fsp3) is 0.450. The van der Waals surface area contributed by atoms with Crippen LogP contribution in [0.15, 0.2) is 48.8 Å². The maximum Gasteiger partial charge on any atom is 0.137 e. The van der Waals surface area contributed by atoms with Crippen molar-refractivity contribution < 1.29 is 9.47 Å². The van der Waals surface area contributed by atoms with E-state index in [0.717, 1.165) is 31.9 Å². The first-order valence-corrected chi connectivity index (χ1v) is 8.94. The molecule has 0 radical (unpaired) electrons. The van der Waals surface area contributed by atoms with Crippen molar-refractivity contribution in [3.05, 3.63) is 54.4 Å². The minimum Gasteiger partial charge on any atom is -0.491 e. The molecule has 1 aromatic heterocycles. The van der Waals surface area contributed by atoms with Crippen LogP contribution in [0.25, 0.3) is 0 Å². The van der Waals surface area contributed by atoms with Crippen LogP contribution in [-0.4, -0.2) is 43.4 Å². The molecule has 0 bridgehead atoms. The minimum absolute atomic E-state index is 0.262. The summed E-state index contributed by atoms with van der Waals surface area (Å²) >= 11 is 0. The van der Waals surface area contributed by atoms with E-state index in [1.54, 1.807) is 12.4 Å². The van der Waals surface area contributed by atoms with Gasteiger partial charge < -0.3 is 19.7 Å². The summed E-state index contributed by atoms with van der Waals surface area (Å²) in [7, 11) is 0. The molecule has 1 aliphatic heterocycles. The summed E-state index contributed by atoms with van der Waals surface area (Å²) in [5.74, 6) is 0.806. The topological polar surface area (TPSA) is 46.6 Å². The van der Waals surface area contributed by atoms with Crippen LogP contribution in [0.2, 0.25) is 0 Å². The number of rotatable bonds is 7. The summed E-state index contributed by atoms with van der Waals surface area (Å²) in [5, 5.41) is 3.47. The fourth-order valence-electron chi connectivity index (χ4n) is 3.24. The highest BCUT2D eigenvalue weighted by Gasteiger charge is 2.23. The zero-order valence-corrected chi connectivity index (χ0v) is 15.0. The van der Waals surface area contributed by atoms with Crippen LogP contribution in [0.1, 0.15) is 19.4 Å². The Hall–Kier alpha value is -2.11. The Bertz CT molecular complexity index is 640. The molecule has 2 aromatic rings. The number of benzene rings is 1. The Morgan fingerprint density at radius 2 is 1.96 bits per heavy atom. The van der Waals surface area contributed by atoms with E-state index in [1.165, 1.54) is 11.3 Å². The summed E-state index contributed by atoms with van der Waals surface area (Å²) < 4.78 is 11.5. The smallest absolute Gasteiger partial charge is 0.137 e. The van der Waals surface area contributed by atoms with Gasteiger partial charge in [0, 0.05) is 38.1 Å². The highest BCUT2D eigenvalue weighted by Crippen LogP contribution is 2.24. The van der Waals surface area contributed by atoms with Gasteiger partial charge in [-0.15, -0.1) is 0 Å². The van der Waals surface area contributed by atoms with Gasteiger partial charge in [-0.25, -0.2) is 0 Å². The van der Waals surface area contributed by atoms with Crippen molar-refractivity contribution in [2.24, 2.45) is 0 Å². The second kappa shape index (κ2) is 8.83. The van der Waals surface area contributed by atoms with E-state index < -0.39 is 0 Å². The Balaban J connectivity index is 1.51. The maximum atomic E-state index is 5.85. The molecule has 0 amide bonds. The van der Waals surface area contributed by atoms with Crippen LogP contribution >= 0.6 is 0 Å². The van der Waals surface area contributed by atoms with Crippen LogP contribution in [0.3, 0.4) is 0 Å². The van der Waals surface area contributed by atoms with E-state index in [9.17, 15) is 0 Å². The number of hydrogen-bond donors (Lipinski definition) is 1. The largest absolute Gasteiger partial charge is 0.491 e. The average molecular weight is 341 g/mol. The van der Waals surface area contributed by atoms with E-state index in [1.807, 2.05) is 12.1 Å². The van der Waals surface area contributed by atoms with Crippen molar-refractivity contribution in [1.82, 2.24) is 10.3 Å². The van der Waals surface area contributed by atoms with Crippen LogP contribution < -0.4 is 15.0 Å². The standard InChI is InChI=1S/C20H27N3O2/c1-16-14-23(15-17(2)25-16)20-8-4-3-6-18(20)12-22-10-11-24-19-7-5-9-21-13-19/h3-9,13,16-17,22H,10-12,14-15H2,1-2H3/t16-,17-/m1/s1. The number of hydrogen-bond acceptors (Lipinski definition) is 5. The van der Waals surface area contributed by atoms with Gasteiger partial charge in [0.1, 0.15) is 12.4 Å². The highest BCUT2D eigenvalue weighted by molar-refractivity contribution is 5.54. The van der Waals surface area contributed by atoms with E-state index in [-0.39, 0.29) is 12.2 Å². The summed E-state index contributed by atoms with van der Waals surface area (Å²) in [6.45, 7) is 8.39. The van der Waals surface area contributed by atoms with Crippen LogP contribution in [0.5, 0.6) is 5.75 Å². The first-order valence-electron chi connectivity index (χ1n) is 8.94. The van der Waals surface area contributed by atoms with Crippen molar-refractivity contribution in [2.45, 2.75) is 32.6 Å². The van der Waals surface area contributed by atoms with Gasteiger partial charge in [-0.1, -0.05) is 18.2 Å². The maximum absolute atomic E-state index is 5.85.